The molecule has 0 aromatic heterocycles. The van der Waals surface area contributed by atoms with E-state index in [0.717, 1.165) is 89.0 Å². The Morgan fingerprint density at radius 2 is 0.716 bits per heavy atom. The van der Waals surface area contributed by atoms with Gasteiger partial charge < -0.3 is 10.2 Å². The van der Waals surface area contributed by atoms with Gasteiger partial charge in [0.25, 0.3) is 0 Å². The highest BCUT2D eigenvalue weighted by atomic mass is 16.4. The Bertz CT molecular complexity index is 1780. The predicted octanol–water partition coefficient (Wildman–Crippen LogP) is 14.7. The summed E-state index contributed by atoms with van der Waals surface area (Å²) in [7, 11) is 0. The number of unbranched alkanes of at least 4 members (excludes halogenated alkanes) is 10. The molecule has 1 rings (SSSR count). The van der Waals surface area contributed by atoms with Gasteiger partial charge in [-0.05, 0) is 143 Å². The summed E-state index contributed by atoms with van der Waals surface area (Å²) in [5.74, 6) is -1.45. The zero-order valence-corrected chi connectivity index (χ0v) is 42.7. The number of aliphatic carboxylic acids is 2. The number of ketones is 5. The lowest BCUT2D eigenvalue weighted by atomic mass is 9.67. The van der Waals surface area contributed by atoms with Crippen molar-refractivity contribution in [2.24, 2.45) is 16.2 Å². The molecular weight excluding hydrogens is 841 g/mol. The Kier molecular flexibility index (Phi) is 28.4. The SMILES string of the molecule is C=C(C)C(=O)CCC(CCCCCCCCC(=O)O)(CCC(=O)C(=C)C)CCc1ccc(C(=O)C(C)(C)CCC(CCCCCCCCC(=O)O)(CCC(=O)C(=C)C)CCC(=O)C(=C)C)cc1. The van der Waals surface area contributed by atoms with Crippen LogP contribution in [0.15, 0.2) is 72.9 Å². The minimum absolute atomic E-state index is 0.00382. The summed E-state index contributed by atoms with van der Waals surface area (Å²) in [6.07, 6.45) is 19.4. The Morgan fingerprint density at radius 1 is 0.403 bits per heavy atom. The van der Waals surface area contributed by atoms with Gasteiger partial charge in [0.2, 0.25) is 0 Å². The topological polar surface area (TPSA) is 160 Å². The van der Waals surface area contributed by atoms with E-state index in [1.165, 1.54) is 0 Å². The van der Waals surface area contributed by atoms with Crippen molar-refractivity contribution in [3.05, 3.63) is 84.0 Å². The van der Waals surface area contributed by atoms with Crippen molar-refractivity contribution in [3.8, 4) is 0 Å². The quantitative estimate of drug-likeness (QED) is 0.0369. The number of carbonyl (C=O) groups excluding carboxylic acids is 5. The Morgan fingerprint density at radius 3 is 1.04 bits per heavy atom. The molecule has 0 aliphatic rings. The Balaban J connectivity index is 3.32. The molecule has 0 bridgehead atoms. The fourth-order valence-electron chi connectivity index (χ4n) is 9.15. The highest BCUT2D eigenvalue weighted by molar-refractivity contribution is 6.00. The van der Waals surface area contributed by atoms with Gasteiger partial charge in [-0.2, -0.15) is 0 Å². The molecule has 0 aliphatic heterocycles. The minimum Gasteiger partial charge on any atom is -0.481 e. The van der Waals surface area contributed by atoms with Crippen molar-refractivity contribution in [2.45, 2.75) is 221 Å². The number of carboxylic acid groups (broad SMARTS) is 2. The molecular formula is C58H88O9. The van der Waals surface area contributed by atoms with Gasteiger partial charge in [0, 0.05) is 49.5 Å². The van der Waals surface area contributed by atoms with Crippen LogP contribution >= 0.6 is 0 Å². The van der Waals surface area contributed by atoms with E-state index in [9.17, 15) is 33.6 Å². The van der Waals surface area contributed by atoms with Crippen molar-refractivity contribution < 1.29 is 43.8 Å². The highest BCUT2D eigenvalue weighted by Gasteiger charge is 2.37. The van der Waals surface area contributed by atoms with E-state index in [0.29, 0.717) is 111 Å². The van der Waals surface area contributed by atoms with Gasteiger partial charge in [0.1, 0.15) is 0 Å². The van der Waals surface area contributed by atoms with Crippen LogP contribution in [0.1, 0.15) is 231 Å². The summed E-state index contributed by atoms with van der Waals surface area (Å²) in [6.45, 7) is 26.4. The third kappa shape index (κ3) is 25.4. The average Bonchev–Trinajstić information content (AvgIpc) is 3.27. The normalized spacial score (nSPS) is 11.8. The van der Waals surface area contributed by atoms with E-state index in [1.807, 2.05) is 38.1 Å². The molecule has 0 saturated carbocycles. The number of benzene rings is 1. The van der Waals surface area contributed by atoms with Crippen LogP contribution in [0.3, 0.4) is 0 Å². The largest absolute Gasteiger partial charge is 0.481 e. The van der Waals surface area contributed by atoms with Crippen molar-refractivity contribution >= 4 is 40.9 Å². The Hall–Kier alpha value is -4.53. The Labute approximate surface area is 404 Å². The van der Waals surface area contributed by atoms with Gasteiger partial charge >= 0.3 is 11.9 Å². The summed E-state index contributed by atoms with van der Waals surface area (Å²) in [5.41, 5.74) is 2.40. The van der Waals surface area contributed by atoms with Crippen LogP contribution in [0, 0.1) is 16.2 Å². The zero-order chi connectivity index (χ0) is 50.6. The van der Waals surface area contributed by atoms with E-state index < -0.39 is 17.4 Å². The number of allylic oxidation sites excluding steroid dienone is 4. The summed E-state index contributed by atoms with van der Waals surface area (Å²) >= 11 is 0. The van der Waals surface area contributed by atoms with E-state index in [1.54, 1.807) is 27.7 Å². The molecule has 0 saturated heterocycles. The summed E-state index contributed by atoms with van der Waals surface area (Å²) < 4.78 is 0. The number of carbonyl (C=O) groups is 7. The maximum absolute atomic E-state index is 14.3. The third-order valence-corrected chi connectivity index (χ3v) is 14.2. The van der Waals surface area contributed by atoms with Crippen molar-refractivity contribution in [1.29, 1.82) is 0 Å². The first-order chi connectivity index (χ1) is 31.4. The molecule has 0 radical (unpaired) electrons. The van der Waals surface area contributed by atoms with E-state index >= 15 is 0 Å². The fourth-order valence-corrected chi connectivity index (χ4v) is 9.15. The molecule has 9 nitrogen and oxygen atoms in total. The molecule has 0 aliphatic carbocycles. The monoisotopic (exact) mass is 929 g/mol. The number of carboxylic acids is 2. The molecule has 0 amide bonds. The van der Waals surface area contributed by atoms with Gasteiger partial charge in [-0.3, -0.25) is 33.6 Å². The molecule has 0 atom stereocenters. The van der Waals surface area contributed by atoms with Crippen LogP contribution in [0.2, 0.25) is 0 Å². The molecule has 1 aromatic rings. The van der Waals surface area contributed by atoms with Gasteiger partial charge in [0.05, 0.1) is 0 Å². The first-order valence-electron chi connectivity index (χ1n) is 25.3. The number of hydrogen-bond donors (Lipinski definition) is 2. The molecule has 67 heavy (non-hydrogen) atoms. The molecule has 1 aromatic carbocycles. The molecule has 2 N–H and O–H groups in total. The molecule has 9 heteroatoms. The standard InChI is InChI=1S/C58H88O9/c1-43(2)49(59)30-37-57(38-31-50(60)44(3)4,34-21-17-13-11-15-19-23-53(63)64)36-29-47-25-27-48(28-26-47)55(67)56(9,10)41-42-58(39-32-51(61)45(5)6,40-33-52(62)46(7)8)35-22-18-14-12-16-20-24-54(65)66/h25-28H,1,3,5,7,11-24,29-42H2,2,4,6,8-10H3,(H,63,64)(H,65,66). The lowest BCUT2D eigenvalue weighted by Crippen LogP contribution is -2.30. The fraction of sp³-hybridized carbons (Fsp3) is 0.638. The van der Waals surface area contributed by atoms with Gasteiger partial charge in [0.15, 0.2) is 28.9 Å². The molecule has 374 valence electrons. The van der Waals surface area contributed by atoms with Gasteiger partial charge in [-0.1, -0.05) is 129 Å². The van der Waals surface area contributed by atoms with Crippen LogP contribution < -0.4 is 0 Å². The van der Waals surface area contributed by atoms with Crippen LogP contribution in [-0.2, 0) is 35.2 Å². The summed E-state index contributed by atoms with van der Waals surface area (Å²) in [4.78, 5) is 87.9. The average molecular weight is 929 g/mol. The second-order valence-electron chi connectivity index (χ2n) is 20.8. The summed E-state index contributed by atoms with van der Waals surface area (Å²) in [5, 5.41) is 18.0. The van der Waals surface area contributed by atoms with Crippen LogP contribution in [0.25, 0.3) is 0 Å². The number of rotatable bonds is 42. The lowest BCUT2D eigenvalue weighted by molar-refractivity contribution is -0.138. The lowest BCUT2D eigenvalue weighted by Gasteiger charge is -2.37. The van der Waals surface area contributed by atoms with Crippen molar-refractivity contribution in [1.82, 2.24) is 0 Å². The number of aryl methyl sites for hydroxylation is 1. The van der Waals surface area contributed by atoms with Crippen molar-refractivity contribution in [3.63, 3.8) is 0 Å². The second kappa shape index (κ2) is 31.5. The second-order valence-corrected chi connectivity index (χ2v) is 20.8. The highest BCUT2D eigenvalue weighted by Crippen LogP contribution is 2.45. The predicted molar refractivity (Wildman–Crippen MR) is 272 cm³/mol. The molecule has 0 spiro atoms. The maximum Gasteiger partial charge on any atom is 0.303 e. The first-order valence-corrected chi connectivity index (χ1v) is 25.3. The van der Waals surface area contributed by atoms with Crippen LogP contribution in [-0.4, -0.2) is 51.1 Å². The first kappa shape index (κ1) is 60.5. The molecule has 0 fully saturated rings. The molecule has 0 unspecified atom stereocenters. The van der Waals surface area contributed by atoms with E-state index in [-0.39, 0.29) is 52.6 Å². The van der Waals surface area contributed by atoms with Gasteiger partial charge in [-0.25, -0.2) is 0 Å². The van der Waals surface area contributed by atoms with Crippen LogP contribution in [0.5, 0.6) is 0 Å². The van der Waals surface area contributed by atoms with E-state index in [4.69, 9.17) is 10.2 Å². The zero-order valence-electron chi connectivity index (χ0n) is 42.7. The number of Topliss-reactive ketones (excluding diaryl/α,β-unsaturated/α-hetero) is 5. The smallest absolute Gasteiger partial charge is 0.303 e. The van der Waals surface area contributed by atoms with Crippen LogP contribution in [0.4, 0.5) is 0 Å². The van der Waals surface area contributed by atoms with Gasteiger partial charge in [-0.15, -0.1) is 0 Å². The maximum atomic E-state index is 14.3. The molecule has 0 heterocycles. The van der Waals surface area contributed by atoms with Crippen molar-refractivity contribution in [2.75, 3.05) is 0 Å². The number of hydrogen-bond acceptors (Lipinski definition) is 7. The minimum atomic E-state index is -0.774. The van der Waals surface area contributed by atoms with E-state index in [2.05, 4.69) is 26.3 Å². The third-order valence-electron chi connectivity index (χ3n) is 14.2. The summed E-state index contributed by atoms with van der Waals surface area (Å²) in [6, 6.07) is 7.84.